The van der Waals surface area contributed by atoms with Crippen molar-refractivity contribution < 1.29 is 8.42 Å². The van der Waals surface area contributed by atoms with Gasteiger partial charge in [-0.05, 0) is 31.5 Å². The molecule has 0 spiro atoms. The maximum absolute atomic E-state index is 12.7. The Morgan fingerprint density at radius 3 is 2.35 bits per heavy atom. The van der Waals surface area contributed by atoms with Gasteiger partial charge in [-0.1, -0.05) is 47.5 Å². The maximum atomic E-state index is 12.7. The van der Waals surface area contributed by atoms with Crippen molar-refractivity contribution in [2.24, 2.45) is 0 Å². The van der Waals surface area contributed by atoms with Crippen LogP contribution in [0.4, 0.5) is 5.82 Å². The Labute approximate surface area is 135 Å². The number of hydrogen-bond donors (Lipinski definition) is 1. The Hall–Kier alpha value is -2.60. The van der Waals surface area contributed by atoms with E-state index in [1.165, 1.54) is 6.20 Å². The topological polar surface area (TPSA) is 78.0 Å². The summed E-state index contributed by atoms with van der Waals surface area (Å²) in [4.78, 5) is 0.161. The van der Waals surface area contributed by atoms with Crippen molar-refractivity contribution >= 4 is 15.8 Å². The van der Waals surface area contributed by atoms with Gasteiger partial charge >= 0.3 is 0 Å². The molecule has 0 amide bonds. The van der Waals surface area contributed by atoms with Gasteiger partial charge in [0.15, 0.2) is 0 Å². The Balaban J connectivity index is 2.10. The van der Waals surface area contributed by atoms with Gasteiger partial charge in [-0.2, -0.15) is 13.5 Å². The number of nitrogen functional groups attached to an aromatic ring is 1. The number of nitrogens with zero attached hydrogens (tertiary/aromatic N) is 2. The molecule has 0 radical (unpaired) electrons. The fourth-order valence-corrected chi connectivity index (χ4v) is 3.59. The summed E-state index contributed by atoms with van der Waals surface area (Å²) < 4.78 is 26.3. The fourth-order valence-electron chi connectivity index (χ4n) is 2.38. The average molecular weight is 327 g/mol. The van der Waals surface area contributed by atoms with Gasteiger partial charge in [0.1, 0.15) is 5.82 Å². The normalized spacial score (nSPS) is 11.6. The van der Waals surface area contributed by atoms with Crippen molar-refractivity contribution in [1.29, 1.82) is 0 Å². The van der Waals surface area contributed by atoms with Crippen molar-refractivity contribution in [2.45, 2.75) is 18.7 Å². The summed E-state index contributed by atoms with van der Waals surface area (Å²) in [6.07, 6.45) is 1.48. The smallest absolute Gasteiger partial charge is 0.284 e. The van der Waals surface area contributed by atoms with Crippen LogP contribution in [0.25, 0.3) is 11.1 Å². The van der Waals surface area contributed by atoms with E-state index in [1.807, 2.05) is 38.1 Å². The first-order chi connectivity index (χ1) is 10.9. The first-order valence-corrected chi connectivity index (χ1v) is 8.56. The predicted molar refractivity (Wildman–Crippen MR) is 90.6 cm³/mol. The van der Waals surface area contributed by atoms with Gasteiger partial charge in [-0.15, -0.1) is 4.09 Å². The molecule has 0 saturated heterocycles. The summed E-state index contributed by atoms with van der Waals surface area (Å²) in [7, 11) is -3.80. The lowest BCUT2D eigenvalue weighted by atomic mass is 10.1. The van der Waals surface area contributed by atoms with Crippen LogP contribution in [-0.2, 0) is 10.0 Å². The Morgan fingerprint density at radius 1 is 1.00 bits per heavy atom. The number of aromatic nitrogens is 2. The summed E-state index contributed by atoms with van der Waals surface area (Å²) in [5, 5.41) is 4.00. The van der Waals surface area contributed by atoms with Crippen LogP contribution in [0.3, 0.4) is 0 Å². The summed E-state index contributed by atoms with van der Waals surface area (Å²) in [6.45, 7) is 3.86. The molecule has 1 aromatic heterocycles. The zero-order valence-corrected chi connectivity index (χ0v) is 13.7. The molecule has 5 nitrogen and oxygen atoms in total. The van der Waals surface area contributed by atoms with Gasteiger partial charge in [-0.3, -0.25) is 0 Å². The minimum atomic E-state index is -3.80. The number of hydrogen-bond acceptors (Lipinski definition) is 4. The summed E-state index contributed by atoms with van der Waals surface area (Å²) in [6, 6.07) is 14.3. The van der Waals surface area contributed by atoms with Crippen molar-refractivity contribution in [3.8, 4) is 11.1 Å². The molecule has 0 saturated carbocycles. The van der Waals surface area contributed by atoms with E-state index in [2.05, 4.69) is 5.10 Å². The lowest BCUT2D eigenvalue weighted by Gasteiger charge is -2.07. The molecule has 3 rings (SSSR count). The van der Waals surface area contributed by atoms with E-state index in [4.69, 9.17) is 5.73 Å². The lowest BCUT2D eigenvalue weighted by molar-refractivity contribution is 0.581. The highest BCUT2D eigenvalue weighted by Gasteiger charge is 2.22. The molecule has 0 atom stereocenters. The van der Waals surface area contributed by atoms with Crippen LogP contribution in [-0.4, -0.2) is 17.6 Å². The van der Waals surface area contributed by atoms with Crippen molar-refractivity contribution in [1.82, 2.24) is 9.19 Å². The van der Waals surface area contributed by atoms with Crippen molar-refractivity contribution in [3.05, 3.63) is 65.9 Å². The van der Waals surface area contributed by atoms with Gasteiger partial charge in [0.2, 0.25) is 0 Å². The third-order valence-corrected chi connectivity index (χ3v) is 5.26. The van der Waals surface area contributed by atoms with Gasteiger partial charge in [-0.25, -0.2) is 0 Å². The van der Waals surface area contributed by atoms with E-state index in [0.29, 0.717) is 5.56 Å². The van der Waals surface area contributed by atoms with Crippen LogP contribution in [0.15, 0.2) is 59.6 Å². The molecule has 0 fully saturated rings. The minimum absolute atomic E-state index is 0.108. The quantitative estimate of drug-likeness (QED) is 0.802. The second-order valence-corrected chi connectivity index (χ2v) is 7.24. The van der Waals surface area contributed by atoms with Gasteiger partial charge in [0.25, 0.3) is 10.0 Å². The highest BCUT2D eigenvalue weighted by molar-refractivity contribution is 7.90. The second kappa shape index (κ2) is 5.55. The number of anilines is 1. The van der Waals surface area contributed by atoms with Crippen LogP contribution in [0.1, 0.15) is 11.1 Å². The van der Waals surface area contributed by atoms with E-state index >= 15 is 0 Å². The summed E-state index contributed by atoms with van der Waals surface area (Å²) >= 11 is 0. The molecule has 0 aliphatic carbocycles. The van der Waals surface area contributed by atoms with Crippen LogP contribution in [0.5, 0.6) is 0 Å². The van der Waals surface area contributed by atoms with Crippen LogP contribution in [0, 0.1) is 13.8 Å². The predicted octanol–water partition coefficient (Wildman–Crippen LogP) is 2.99. The molecule has 3 aromatic rings. The average Bonchev–Trinajstić information content (AvgIpc) is 2.90. The monoisotopic (exact) mass is 327 g/mol. The van der Waals surface area contributed by atoms with E-state index in [1.54, 1.807) is 24.3 Å². The largest absolute Gasteiger partial charge is 0.382 e. The first-order valence-electron chi connectivity index (χ1n) is 7.12. The Morgan fingerprint density at radius 2 is 1.70 bits per heavy atom. The first kappa shape index (κ1) is 15.3. The van der Waals surface area contributed by atoms with E-state index in [9.17, 15) is 8.42 Å². The standard InChI is InChI=1S/C17H17N3O2S/c1-12-6-8-15(9-7-12)23(21,22)20-17(18)16(11-19-20)14-5-3-4-13(2)10-14/h3-11H,18H2,1-2H3. The third kappa shape index (κ3) is 2.73. The Bertz CT molecular complexity index is 958. The molecule has 0 unspecified atom stereocenters. The molecule has 2 aromatic carbocycles. The lowest BCUT2D eigenvalue weighted by Crippen LogP contribution is -2.16. The number of benzene rings is 2. The number of rotatable bonds is 3. The molecule has 2 N–H and O–H groups in total. The highest BCUT2D eigenvalue weighted by Crippen LogP contribution is 2.28. The highest BCUT2D eigenvalue weighted by atomic mass is 32.2. The molecule has 23 heavy (non-hydrogen) atoms. The van der Waals surface area contributed by atoms with E-state index in [0.717, 1.165) is 20.8 Å². The third-order valence-electron chi connectivity index (χ3n) is 3.65. The van der Waals surface area contributed by atoms with Crippen molar-refractivity contribution in [3.63, 3.8) is 0 Å². The summed E-state index contributed by atoms with van der Waals surface area (Å²) in [5.74, 6) is 0.108. The van der Waals surface area contributed by atoms with Crippen LogP contribution in [0.2, 0.25) is 0 Å². The second-order valence-electron chi connectivity index (χ2n) is 5.47. The molecular formula is C17H17N3O2S. The molecule has 1 heterocycles. The SMILES string of the molecule is Cc1ccc(S(=O)(=O)n2ncc(-c3cccc(C)c3)c2N)cc1. The van der Waals surface area contributed by atoms with E-state index in [-0.39, 0.29) is 10.7 Å². The van der Waals surface area contributed by atoms with Crippen LogP contribution < -0.4 is 5.73 Å². The van der Waals surface area contributed by atoms with Gasteiger partial charge < -0.3 is 5.73 Å². The van der Waals surface area contributed by atoms with Gasteiger partial charge in [0.05, 0.1) is 11.1 Å². The maximum Gasteiger partial charge on any atom is 0.284 e. The van der Waals surface area contributed by atoms with Crippen LogP contribution >= 0.6 is 0 Å². The number of aryl methyl sites for hydroxylation is 2. The number of nitrogens with two attached hydrogens (primary N) is 1. The molecule has 0 aliphatic rings. The molecule has 0 bridgehead atoms. The Kier molecular flexibility index (Phi) is 3.69. The molecule has 0 aliphatic heterocycles. The van der Waals surface area contributed by atoms with Crippen molar-refractivity contribution in [2.75, 3.05) is 5.73 Å². The molecule has 118 valence electrons. The van der Waals surface area contributed by atoms with Gasteiger partial charge in [0, 0.05) is 5.56 Å². The zero-order valence-electron chi connectivity index (χ0n) is 12.9. The summed E-state index contributed by atoms with van der Waals surface area (Å²) in [5.41, 5.74) is 9.55. The van der Waals surface area contributed by atoms with E-state index < -0.39 is 10.0 Å². The molecule has 6 heteroatoms. The zero-order chi connectivity index (χ0) is 16.6. The molecular weight excluding hydrogens is 310 g/mol. The minimum Gasteiger partial charge on any atom is -0.382 e. The fraction of sp³-hybridized carbons (Fsp3) is 0.118.